The van der Waals surface area contributed by atoms with E-state index in [1.165, 1.54) is 11.1 Å². The van der Waals surface area contributed by atoms with E-state index in [0.717, 1.165) is 18.8 Å². The van der Waals surface area contributed by atoms with Gasteiger partial charge in [0, 0.05) is 37.7 Å². The van der Waals surface area contributed by atoms with Crippen LogP contribution in [-0.2, 0) is 13.1 Å². The van der Waals surface area contributed by atoms with Gasteiger partial charge in [0.15, 0.2) is 0 Å². The number of nitrogens with one attached hydrogen (secondary N) is 1. The molecule has 2 aromatic rings. The Kier molecular flexibility index (Phi) is 4.10. The number of aryl methyl sites for hydroxylation is 1. The molecule has 0 spiro atoms. The summed E-state index contributed by atoms with van der Waals surface area (Å²) in [5.41, 5.74) is 3.58. The molecule has 2 heterocycles. The molecular formula is C14H20N4. The summed E-state index contributed by atoms with van der Waals surface area (Å²) in [7, 11) is 0. The van der Waals surface area contributed by atoms with Gasteiger partial charge in [-0.25, -0.2) is 0 Å². The summed E-state index contributed by atoms with van der Waals surface area (Å²) in [5, 5.41) is 7.90. The van der Waals surface area contributed by atoms with Gasteiger partial charge >= 0.3 is 0 Å². The highest BCUT2D eigenvalue weighted by molar-refractivity contribution is 5.21. The van der Waals surface area contributed by atoms with Crippen LogP contribution >= 0.6 is 0 Å². The van der Waals surface area contributed by atoms with Gasteiger partial charge in [0.05, 0.1) is 5.69 Å². The monoisotopic (exact) mass is 244 g/mol. The number of aromatic nitrogens is 3. The summed E-state index contributed by atoms with van der Waals surface area (Å²) in [6.45, 7) is 7.97. The van der Waals surface area contributed by atoms with Gasteiger partial charge in [-0.15, -0.1) is 0 Å². The average molecular weight is 244 g/mol. The molecule has 0 bridgehead atoms. The van der Waals surface area contributed by atoms with E-state index >= 15 is 0 Å². The van der Waals surface area contributed by atoms with Crippen molar-refractivity contribution in [3.8, 4) is 0 Å². The first kappa shape index (κ1) is 12.8. The lowest BCUT2D eigenvalue weighted by Gasteiger charge is -2.06. The molecule has 96 valence electrons. The summed E-state index contributed by atoms with van der Waals surface area (Å²) in [5.74, 6) is 0. The van der Waals surface area contributed by atoms with E-state index in [2.05, 4.69) is 42.2 Å². The lowest BCUT2D eigenvalue weighted by molar-refractivity contribution is 0.521. The average Bonchev–Trinajstić information content (AvgIpc) is 2.80. The van der Waals surface area contributed by atoms with Crippen molar-refractivity contribution in [2.75, 3.05) is 0 Å². The zero-order valence-electron chi connectivity index (χ0n) is 11.2. The maximum absolute atomic E-state index is 4.50. The Bertz CT molecular complexity index is 502. The molecule has 0 aliphatic carbocycles. The van der Waals surface area contributed by atoms with Crippen molar-refractivity contribution in [1.29, 1.82) is 0 Å². The van der Waals surface area contributed by atoms with Crippen LogP contribution in [0.3, 0.4) is 0 Å². The predicted octanol–water partition coefficient (Wildman–Crippen LogP) is 2.46. The molecule has 0 radical (unpaired) electrons. The van der Waals surface area contributed by atoms with Crippen LogP contribution in [0.25, 0.3) is 0 Å². The molecule has 0 aliphatic rings. The topological polar surface area (TPSA) is 42.7 Å². The second-order valence-corrected chi connectivity index (χ2v) is 4.79. The summed E-state index contributed by atoms with van der Waals surface area (Å²) >= 11 is 0. The van der Waals surface area contributed by atoms with Crippen LogP contribution in [0, 0.1) is 6.92 Å². The Hall–Kier alpha value is -1.68. The fourth-order valence-electron chi connectivity index (χ4n) is 1.77. The molecule has 0 saturated heterocycles. The summed E-state index contributed by atoms with van der Waals surface area (Å²) in [4.78, 5) is 4.14. The maximum Gasteiger partial charge on any atom is 0.0762 e. The molecule has 0 aromatic carbocycles. The first-order valence-corrected chi connectivity index (χ1v) is 6.31. The minimum absolute atomic E-state index is 0.416. The van der Waals surface area contributed by atoms with Crippen LogP contribution in [0.5, 0.6) is 0 Å². The second-order valence-electron chi connectivity index (χ2n) is 4.79. The van der Waals surface area contributed by atoms with E-state index in [1.54, 1.807) is 0 Å². The van der Waals surface area contributed by atoms with E-state index in [9.17, 15) is 0 Å². The van der Waals surface area contributed by atoms with E-state index in [-0.39, 0.29) is 0 Å². The number of rotatable bonds is 5. The first-order valence-electron chi connectivity index (χ1n) is 6.31. The van der Waals surface area contributed by atoms with Crippen molar-refractivity contribution in [3.63, 3.8) is 0 Å². The molecule has 0 saturated carbocycles. The van der Waals surface area contributed by atoms with Crippen LogP contribution in [0.4, 0.5) is 0 Å². The molecule has 0 unspecified atom stereocenters. The third-order valence-electron chi connectivity index (χ3n) is 2.96. The summed E-state index contributed by atoms with van der Waals surface area (Å²) < 4.78 is 1.98. The highest BCUT2D eigenvalue weighted by Crippen LogP contribution is 2.06. The van der Waals surface area contributed by atoms with Crippen molar-refractivity contribution in [1.82, 2.24) is 20.1 Å². The Labute approximate surface area is 108 Å². The molecule has 4 heteroatoms. The molecule has 1 N–H and O–H groups in total. The lowest BCUT2D eigenvalue weighted by atomic mass is 10.1. The van der Waals surface area contributed by atoms with Gasteiger partial charge in [0.25, 0.3) is 0 Å². The van der Waals surface area contributed by atoms with Gasteiger partial charge in [0.2, 0.25) is 0 Å². The van der Waals surface area contributed by atoms with Crippen molar-refractivity contribution in [2.45, 2.75) is 39.9 Å². The Morgan fingerprint density at radius 2 is 2.11 bits per heavy atom. The largest absolute Gasteiger partial charge is 0.307 e. The molecular weight excluding hydrogens is 224 g/mol. The van der Waals surface area contributed by atoms with Gasteiger partial charge in [-0.2, -0.15) is 5.10 Å². The van der Waals surface area contributed by atoms with E-state index in [0.29, 0.717) is 6.04 Å². The quantitative estimate of drug-likeness (QED) is 0.878. The Morgan fingerprint density at radius 3 is 2.78 bits per heavy atom. The van der Waals surface area contributed by atoms with Crippen LogP contribution in [0.2, 0.25) is 0 Å². The van der Waals surface area contributed by atoms with E-state index in [4.69, 9.17) is 0 Å². The molecule has 2 aromatic heterocycles. The van der Waals surface area contributed by atoms with Crippen LogP contribution < -0.4 is 5.32 Å². The first-order chi connectivity index (χ1) is 8.66. The molecule has 0 aliphatic heterocycles. The summed E-state index contributed by atoms with van der Waals surface area (Å²) in [6.07, 6.45) is 5.76. The fraction of sp³-hybridized carbons (Fsp3) is 0.429. The molecule has 18 heavy (non-hydrogen) atoms. The number of hydrogen-bond donors (Lipinski definition) is 1. The predicted molar refractivity (Wildman–Crippen MR) is 72.1 cm³/mol. The zero-order chi connectivity index (χ0) is 13.0. The molecule has 0 fully saturated rings. The third kappa shape index (κ3) is 3.17. The minimum Gasteiger partial charge on any atom is -0.307 e. The van der Waals surface area contributed by atoms with Gasteiger partial charge in [-0.3, -0.25) is 9.67 Å². The van der Waals surface area contributed by atoms with E-state index in [1.807, 2.05) is 29.3 Å². The number of hydrogen-bond acceptors (Lipinski definition) is 3. The molecule has 2 rings (SSSR count). The van der Waals surface area contributed by atoms with Crippen molar-refractivity contribution in [3.05, 3.63) is 47.5 Å². The number of nitrogens with zero attached hydrogens (tertiary/aromatic N) is 3. The van der Waals surface area contributed by atoms with E-state index < -0.39 is 0 Å². The van der Waals surface area contributed by atoms with Gasteiger partial charge in [-0.1, -0.05) is 0 Å². The highest BCUT2D eigenvalue weighted by Gasteiger charge is 2.02. The smallest absolute Gasteiger partial charge is 0.0762 e. The third-order valence-corrected chi connectivity index (χ3v) is 2.96. The van der Waals surface area contributed by atoms with Crippen LogP contribution in [0.1, 0.15) is 36.7 Å². The SMILES string of the molecule is Cc1ccncc1CNCc1ccn(C(C)C)n1. The lowest BCUT2D eigenvalue weighted by Crippen LogP contribution is -2.14. The number of pyridine rings is 1. The van der Waals surface area contributed by atoms with Gasteiger partial charge < -0.3 is 5.32 Å². The zero-order valence-corrected chi connectivity index (χ0v) is 11.2. The van der Waals surface area contributed by atoms with Crippen LogP contribution in [0.15, 0.2) is 30.7 Å². The highest BCUT2D eigenvalue weighted by atomic mass is 15.3. The Morgan fingerprint density at radius 1 is 1.28 bits per heavy atom. The fourth-order valence-corrected chi connectivity index (χ4v) is 1.77. The minimum atomic E-state index is 0.416. The van der Waals surface area contributed by atoms with Gasteiger partial charge in [-0.05, 0) is 44.0 Å². The normalized spacial score (nSPS) is 11.1. The molecule has 0 atom stereocenters. The van der Waals surface area contributed by atoms with Gasteiger partial charge in [0.1, 0.15) is 0 Å². The standard InChI is InChI=1S/C14H20N4/c1-11(2)18-7-5-14(17-18)10-16-9-13-8-15-6-4-12(13)3/h4-8,11,16H,9-10H2,1-3H3. The van der Waals surface area contributed by atoms with Crippen LogP contribution in [-0.4, -0.2) is 14.8 Å². The van der Waals surface area contributed by atoms with Crippen molar-refractivity contribution in [2.24, 2.45) is 0 Å². The van der Waals surface area contributed by atoms with Crippen molar-refractivity contribution >= 4 is 0 Å². The second kappa shape index (κ2) is 5.78. The molecule has 4 nitrogen and oxygen atoms in total. The maximum atomic E-state index is 4.50. The summed E-state index contributed by atoms with van der Waals surface area (Å²) in [6, 6.07) is 4.51. The van der Waals surface area contributed by atoms with Crippen molar-refractivity contribution < 1.29 is 0 Å². The molecule has 0 amide bonds. The Balaban J connectivity index is 1.87.